The molecule has 0 aliphatic carbocycles. The van der Waals surface area contributed by atoms with E-state index in [4.69, 9.17) is 14.2 Å². The van der Waals surface area contributed by atoms with Gasteiger partial charge in [-0.1, -0.05) is 11.3 Å². The van der Waals surface area contributed by atoms with Gasteiger partial charge in [-0.2, -0.15) is 0 Å². The second kappa shape index (κ2) is 9.13. The third kappa shape index (κ3) is 4.66. The summed E-state index contributed by atoms with van der Waals surface area (Å²) < 4.78 is 16.8. The van der Waals surface area contributed by atoms with Gasteiger partial charge in [0.2, 0.25) is 16.0 Å². The van der Waals surface area contributed by atoms with Gasteiger partial charge in [0.25, 0.3) is 5.91 Å². The Morgan fingerprint density at radius 2 is 1.82 bits per heavy atom. The van der Waals surface area contributed by atoms with E-state index in [-0.39, 0.29) is 5.91 Å². The number of nitrogens with one attached hydrogen (secondary N) is 1. The number of carbonyl (C=O) groups excluding carboxylic acids is 1. The molecule has 0 saturated heterocycles. The van der Waals surface area contributed by atoms with Crippen molar-refractivity contribution in [3.63, 3.8) is 0 Å². The number of hydrogen-bond donors (Lipinski definition) is 1. The summed E-state index contributed by atoms with van der Waals surface area (Å²) in [6.45, 7) is 0. The lowest BCUT2D eigenvalue weighted by Gasteiger charge is -2.13. The Balaban J connectivity index is 1.75. The molecule has 1 N–H and O–H groups in total. The van der Waals surface area contributed by atoms with Gasteiger partial charge in [-0.25, -0.2) is 4.99 Å². The summed E-state index contributed by atoms with van der Waals surface area (Å²) in [6, 6.07) is 7.00. The minimum absolute atomic E-state index is 0.332. The SMILES string of the molecule is COc1cc(C(=O)Nc2nnc(N=Cc3ccc(Br)s3)s2)cc(OC)c1OC. The van der Waals surface area contributed by atoms with Gasteiger partial charge in [0.15, 0.2) is 11.5 Å². The number of aromatic nitrogens is 2. The van der Waals surface area contributed by atoms with Crippen molar-refractivity contribution in [1.29, 1.82) is 0 Å². The van der Waals surface area contributed by atoms with E-state index in [1.807, 2.05) is 12.1 Å². The Labute approximate surface area is 177 Å². The molecule has 0 bridgehead atoms. The molecule has 2 aromatic heterocycles. The second-order valence-corrected chi connectivity index (χ2v) is 8.61. The molecule has 11 heteroatoms. The number of rotatable bonds is 7. The number of anilines is 1. The molecule has 146 valence electrons. The van der Waals surface area contributed by atoms with Crippen molar-refractivity contribution in [2.75, 3.05) is 26.6 Å². The standard InChI is InChI=1S/C17H15BrN4O4S2/c1-24-11-6-9(7-12(25-2)14(11)26-3)15(23)20-17-22-21-16(28-17)19-8-10-4-5-13(18)27-10/h4-8H,1-3H3,(H,20,22,23). The Hall–Kier alpha value is -2.50. The molecule has 1 amide bonds. The van der Waals surface area contributed by atoms with Crippen molar-refractivity contribution in [1.82, 2.24) is 10.2 Å². The molecular weight excluding hydrogens is 468 g/mol. The average molecular weight is 483 g/mol. The molecule has 3 aromatic rings. The van der Waals surface area contributed by atoms with E-state index in [0.717, 1.165) is 20.0 Å². The molecule has 0 fully saturated rings. The van der Waals surface area contributed by atoms with Crippen LogP contribution in [0.2, 0.25) is 0 Å². The number of benzene rings is 1. The van der Waals surface area contributed by atoms with Gasteiger partial charge in [0.1, 0.15) is 0 Å². The Morgan fingerprint density at radius 1 is 1.11 bits per heavy atom. The number of thiophene rings is 1. The molecule has 0 radical (unpaired) electrons. The number of halogens is 1. The van der Waals surface area contributed by atoms with Crippen LogP contribution in [0.1, 0.15) is 15.2 Å². The van der Waals surface area contributed by atoms with Crippen molar-refractivity contribution in [3.05, 3.63) is 38.5 Å². The average Bonchev–Trinajstić information content (AvgIpc) is 3.33. The van der Waals surface area contributed by atoms with Gasteiger partial charge in [-0.15, -0.1) is 21.5 Å². The number of methoxy groups -OCH3 is 3. The van der Waals surface area contributed by atoms with E-state index >= 15 is 0 Å². The summed E-state index contributed by atoms with van der Waals surface area (Å²) in [5.74, 6) is 0.802. The smallest absolute Gasteiger partial charge is 0.257 e. The predicted octanol–water partition coefficient (Wildman–Crippen LogP) is 4.39. The summed E-state index contributed by atoms with van der Waals surface area (Å²) in [7, 11) is 4.47. The number of aliphatic imine (C=N–C) groups is 1. The lowest BCUT2D eigenvalue weighted by molar-refractivity contribution is 0.102. The van der Waals surface area contributed by atoms with Crippen LogP contribution in [0.25, 0.3) is 0 Å². The maximum atomic E-state index is 12.6. The highest BCUT2D eigenvalue weighted by Crippen LogP contribution is 2.38. The van der Waals surface area contributed by atoms with Crippen LogP contribution in [-0.2, 0) is 0 Å². The zero-order valence-electron chi connectivity index (χ0n) is 15.1. The van der Waals surface area contributed by atoms with Crippen molar-refractivity contribution in [2.24, 2.45) is 4.99 Å². The van der Waals surface area contributed by atoms with Crippen LogP contribution in [0.4, 0.5) is 10.3 Å². The first-order valence-corrected chi connectivity index (χ1v) is 10.2. The third-order valence-corrected chi connectivity index (χ3v) is 5.76. The minimum atomic E-state index is -0.381. The van der Waals surface area contributed by atoms with Gasteiger partial charge >= 0.3 is 0 Å². The van der Waals surface area contributed by atoms with Crippen molar-refractivity contribution < 1.29 is 19.0 Å². The van der Waals surface area contributed by atoms with Crippen LogP contribution >= 0.6 is 38.6 Å². The number of amides is 1. The van der Waals surface area contributed by atoms with E-state index in [0.29, 0.717) is 33.1 Å². The topological polar surface area (TPSA) is 94.9 Å². The fraction of sp³-hybridized carbons (Fsp3) is 0.176. The molecule has 1 aromatic carbocycles. The van der Waals surface area contributed by atoms with Gasteiger partial charge < -0.3 is 14.2 Å². The molecule has 8 nitrogen and oxygen atoms in total. The molecule has 0 spiro atoms. The van der Waals surface area contributed by atoms with E-state index in [2.05, 4.69) is 36.4 Å². The lowest BCUT2D eigenvalue weighted by Crippen LogP contribution is -2.12. The van der Waals surface area contributed by atoms with Crippen LogP contribution < -0.4 is 19.5 Å². The van der Waals surface area contributed by atoms with Crippen molar-refractivity contribution >= 4 is 61.0 Å². The molecule has 28 heavy (non-hydrogen) atoms. The molecule has 0 aliphatic rings. The molecule has 3 rings (SSSR count). The number of carbonyl (C=O) groups is 1. The molecule has 0 unspecified atom stereocenters. The van der Waals surface area contributed by atoms with Crippen molar-refractivity contribution in [2.45, 2.75) is 0 Å². The van der Waals surface area contributed by atoms with Crippen molar-refractivity contribution in [3.8, 4) is 17.2 Å². The number of hydrogen-bond acceptors (Lipinski definition) is 9. The summed E-state index contributed by atoms with van der Waals surface area (Å²) in [4.78, 5) is 17.8. The summed E-state index contributed by atoms with van der Waals surface area (Å²) in [6.07, 6.45) is 1.70. The number of nitrogens with zero attached hydrogens (tertiary/aromatic N) is 3. The van der Waals surface area contributed by atoms with E-state index < -0.39 is 0 Å². The zero-order chi connectivity index (χ0) is 20.1. The monoisotopic (exact) mass is 482 g/mol. The highest BCUT2D eigenvalue weighted by atomic mass is 79.9. The first-order valence-electron chi connectivity index (χ1n) is 7.78. The van der Waals surface area contributed by atoms with Gasteiger partial charge in [-0.3, -0.25) is 10.1 Å². The maximum absolute atomic E-state index is 12.6. The Bertz CT molecular complexity index is 993. The van der Waals surface area contributed by atoms with Gasteiger partial charge in [0, 0.05) is 16.7 Å². The van der Waals surface area contributed by atoms with Crippen LogP contribution in [-0.4, -0.2) is 43.6 Å². The molecule has 0 atom stereocenters. The van der Waals surface area contributed by atoms with E-state index in [1.165, 1.54) is 21.3 Å². The summed E-state index contributed by atoms with van der Waals surface area (Å²) >= 11 is 6.11. The lowest BCUT2D eigenvalue weighted by atomic mass is 10.1. The van der Waals surface area contributed by atoms with Gasteiger partial charge in [-0.05, 0) is 40.2 Å². The first-order chi connectivity index (χ1) is 13.5. The quantitative estimate of drug-likeness (QED) is 0.501. The summed E-state index contributed by atoms with van der Waals surface area (Å²) in [5.41, 5.74) is 0.332. The highest BCUT2D eigenvalue weighted by Gasteiger charge is 2.18. The molecule has 2 heterocycles. The largest absolute Gasteiger partial charge is 0.493 e. The molecular formula is C17H15BrN4O4S2. The fourth-order valence-corrected chi connectivity index (χ4v) is 4.10. The fourth-order valence-electron chi connectivity index (χ4n) is 2.22. The Morgan fingerprint density at radius 3 is 2.39 bits per heavy atom. The second-order valence-electron chi connectivity index (χ2n) is 5.16. The molecule has 0 saturated carbocycles. The van der Waals surface area contributed by atoms with Gasteiger partial charge in [0.05, 0.1) is 25.1 Å². The summed E-state index contributed by atoms with van der Waals surface area (Å²) in [5, 5.41) is 11.4. The van der Waals surface area contributed by atoms with Crippen LogP contribution in [0.3, 0.4) is 0 Å². The first kappa shape index (κ1) is 20.2. The Kier molecular flexibility index (Phi) is 6.60. The predicted molar refractivity (Wildman–Crippen MR) is 113 cm³/mol. The van der Waals surface area contributed by atoms with Crippen LogP contribution in [0.5, 0.6) is 17.2 Å². The highest BCUT2D eigenvalue weighted by molar-refractivity contribution is 9.11. The van der Waals surface area contributed by atoms with E-state index in [1.54, 1.807) is 29.7 Å². The third-order valence-electron chi connectivity index (χ3n) is 3.46. The molecule has 0 aliphatic heterocycles. The van der Waals surface area contributed by atoms with E-state index in [9.17, 15) is 4.79 Å². The zero-order valence-corrected chi connectivity index (χ0v) is 18.3. The normalized spacial score (nSPS) is 10.9. The van der Waals surface area contributed by atoms with Crippen LogP contribution in [0.15, 0.2) is 33.0 Å². The van der Waals surface area contributed by atoms with Crippen LogP contribution in [0, 0.1) is 0 Å². The minimum Gasteiger partial charge on any atom is -0.493 e. The number of ether oxygens (including phenoxy) is 3. The maximum Gasteiger partial charge on any atom is 0.257 e.